The summed E-state index contributed by atoms with van der Waals surface area (Å²) in [5, 5.41) is 12.9. The summed E-state index contributed by atoms with van der Waals surface area (Å²) in [6.45, 7) is 3.72. The van der Waals surface area contributed by atoms with Gasteiger partial charge in [-0.2, -0.15) is 0 Å². The highest BCUT2D eigenvalue weighted by Crippen LogP contribution is 2.25. The standard InChI is InChI=1S/C23H32N2O5S/c1-3-4-7-13-25(14-8-15-30-2)23(29)18(11-12-21(26)27)24-22(28)20-16-17-9-5-6-10-19(17)31-20/h5-6,9-10,16,18H,3-4,7-8,11-15H2,1-2H3,(H,24,28)(H,26,27)/t18-/m1/s1. The van der Waals surface area contributed by atoms with Crippen molar-refractivity contribution in [2.24, 2.45) is 0 Å². The van der Waals surface area contributed by atoms with E-state index in [2.05, 4.69) is 12.2 Å². The Morgan fingerprint density at radius 3 is 2.58 bits per heavy atom. The van der Waals surface area contributed by atoms with Gasteiger partial charge in [0, 0.05) is 37.9 Å². The zero-order chi connectivity index (χ0) is 22.6. The Hall–Kier alpha value is -2.45. The molecule has 0 aliphatic carbocycles. The largest absolute Gasteiger partial charge is 0.481 e. The van der Waals surface area contributed by atoms with Crippen molar-refractivity contribution >= 4 is 39.2 Å². The lowest BCUT2D eigenvalue weighted by molar-refractivity contribution is -0.138. The second kappa shape index (κ2) is 13.1. The minimum absolute atomic E-state index is 0.0549. The first kappa shape index (κ1) is 24.8. The number of amides is 2. The maximum absolute atomic E-state index is 13.3. The monoisotopic (exact) mass is 448 g/mol. The third kappa shape index (κ3) is 7.95. The van der Waals surface area contributed by atoms with Crippen molar-refractivity contribution in [2.75, 3.05) is 26.8 Å². The molecule has 1 aromatic heterocycles. The molecule has 2 rings (SSSR count). The van der Waals surface area contributed by atoms with Gasteiger partial charge in [0.05, 0.1) is 4.88 Å². The van der Waals surface area contributed by atoms with Crippen LogP contribution in [0.1, 0.15) is 55.1 Å². The summed E-state index contributed by atoms with van der Waals surface area (Å²) in [6, 6.07) is 8.61. The van der Waals surface area contributed by atoms with E-state index in [-0.39, 0.29) is 24.7 Å². The lowest BCUT2D eigenvalue weighted by Crippen LogP contribution is -2.49. The number of carboxylic acids is 1. The van der Waals surface area contributed by atoms with E-state index in [0.29, 0.717) is 31.0 Å². The number of nitrogens with one attached hydrogen (secondary N) is 1. The fourth-order valence-corrected chi connectivity index (χ4v) is 4.32. The Labute approximate surface area is 187 Å². The summed E-state index contributed by atoms with van der Waals surface area (Å²) < 4.78 is 6.09. The molecule has 31 heavy (non-hydrogen) atoms. The van der Waals surface area contributed by atoms with Gasteiger partial charge in [0.1, 0.15) is 6.04 Å². The summed E-state index contributed by atoms with van der Waals surface area (Å²) >= 11 is 1.36. The number of methoxy groups -OCH3 is 1. The molecule has 2 amide bonds. The van der Waals surface area contributed by atoms with Gasteiger partial charge in [-0.15, -0.1) is 11.3 Å². The van der Waals surface area contributed by atoms with E-state index < -0.39 is 12.0 Å². The summed E-state index contributed by atoms with van der Waals surface area (Å²) in [5.74, 6) is -1.58. The van der Waals surface area contributed by atoms with Crippen molar-refractivity contribution < 1.29 is 24.2 Å². The minimum Gasteiger partial charge on any atom is -0.481 e. The third-order valence-corrected chi connectivity index (χ3v) is 6.13. The lowest BCUT2D eigenvalue weighted by atomic mass is 10.1. The van der Waals surface area contributed by atoms with Gasteiger partial charge in [-0.05, 0) is 36.8 Å². The molecule has 1 atom stereocenters. The predicted molar refractivity (Wildman–Crippen MR) is 123 cm³/mol. The van der Waals surface area contributed by atoms with E-state index in [1.165, 1.54) is 11.3 Å². The van der Waals surface area contributed by atoms with Crippen LogP contribution in [0.2, 0.25) is 0 Å². The van der Waals surface area contributed by atoms with E-state index in [0.717, 1.165) is 29.3 Å². The van der Waals surface area contributed by atoms with Gasteiger partial charge in [0.25, 0.3) is 5.91 Å². The van der Waals surface area contributed by atoms with E-state index in [1.54, 1.807) is 18.1 Å². The second-order valence-electron chi connectivity index (χ2n) is 7.49. The number of carboxylic acid groups (broad SMARTS) is 1. The zero-order valence-corrected chi connectivity index (χ0v) is 19.1. The molecular weight excluding hydrogens is 416 g/mol. The highest BCUT2D eigenvalue weighted by atomic mass is 32.1. The number of carbonyl (C=O) groups excluding carboxylic acids is 2. The minimum atomic E-state index is -0.995. The third-order valence-electron chi connectivity index (χ3n) is 5.02. The number of rotatable bonds is 14. The van der Waals surface area contributed by atoms with Crippen LogP contribution < -0.4 is 5.32 Å². The van der Waals surface area contributed by atoms with E-state index in [1.807, 2.05) is 24.3 Å². The molecule has 170 valence electrons. The first-order chi connectivity index (χ1) is 15.0. The molecule has 2 N–H and O–H groups in total. The first-order valence-electron chi connectivity index (χ1n) is 10.7. The number of benzene rings is 1. The molecule has 8 heteroatoms. The zero-order valence-electron chi connectivity index (χ0n) is 18.3. The maximum Gasteiger partial charge on any atom is 0.303 e. The molecule has 0 unspecified atom stereocenters. The van der Waals surface area contributed by atoms with E-state index in [4.69, 9.17) is 9.84 Å². The van der Waals surface area contributed by atoms with Crippen molar-refractivity contribution in [2.45, 2.75) is 51.5 Å². The number of nitrogens with zero attached hydrogens (tertiary/aromatic N) is 1. The lowest BCUT2D eigenvalue weighted by Gasteiger charge is -2.28. The van der Waals surface area contributed by atoms with Crippen LogP contribution in [-0.4, -0.2) is 60.6 Å². The smallest absolute Gasteiger partial charge is 0.303 e. The molecule has 1 heterocycles. The number of unbranched alkanes of at least 4 members (excludes halogenated alkanes) is 2. The molecule has 0 aliphatic heterocycles. The number of carbonyl (C=O) groups is 3. The van der Waals surface area contributed by atoms with Gasteiger partial charge in [-0.1, -0.05) is 38.0 Å². The average molecular weight is 449 g/mol. The Morgan fingerprint density at radius 2 is 1.90 bits per heavy atom. The second-order valence-corrected chi connectivity index (χ2v) is 8.57. The molecular formula is C23H32N2O5S. The SMILES string of the molecule is CCCCCN(CCCOC)C(=O)[C@@H](CCC(=O)O)NC(=O)c1cc2ccccc2s1. The number of fused-ring (bicyclic) bond motifs is 1. The molecule has 0 fully saturated rings. The molecule has 0 bridgehead atoms. The molecule has 0 aliphatic rings. The summed E-state index contributed by atoms with van der Waals surface area (Å²) in [7, 11) is 1.62. The molecule has 0 saturated heterocycles. The highest BCUT2D eigenvalue weighted by molar-refractivity contribution is 7.20. The predicted octanol–water partition coefficient (Wildman–Crippen LogP) is 3.92. The Morgan fingerprint density at radius 1 is 1.16 bits per heavy atom. The average Bonchev–Trinajstić information content (AvgIpc) is 3.19. The van der Waals surface area contributed by atoms with Crippen molar-refractivity contribution in [3.8, 4) is 0 Å². The van der Waals surface area contributed by atoms with Crippen LogP contribution in [0.4, 0.5) is 0 Å². The van der Waals surface area contributed by atoms with Crippen molar-refractivity contribution in [1.29, 1.82) is 0 Å². The molecule has 7 nitrogen and oxygen atoms in total. The fourth-order valence-electron chi connectivity index (χ4n) is 3.35. The molecule has 0 spiro atoms. The summed E-state index contributed by atoms with van der Waals surface area (Å²) in [4.78, 5) is 39.5. The van der Waals surface area contributed by atoms with Gasteiger partial charge >= 0.3 is 5.97 Å². The Bertz CT molecular complexity index is 824. The first-order valence-corrected chi connectivity index (χ1v) is 11.6. The molecule has 0 saturated carbocycles. The highest BCUT2D eigenvalue weighted by Gasteiger charge is 2.27. The van der Waals surface area contributed by atoms with Crippen molar-refractivity contribution in [1.82, 2.24) is 10.2 Å². The van der Waals surface area contributed by atoms with Crippen LogP contribution in [0.5, 0.6) is 0 Å². The quantitative estimate of drug-likeness (QED) is 0.427. The summed E-state index contributed by atoms with van der Waals surface area (Å²) in [6.07, 6.45) is 3.45. The van der Waals surface area contributed by atoms with Crippen LogP contribution >= 0.6 is 11.3 Å². The fraction of sp³-hybridized carbons (Fsp3) is 0.522. The Kier molecular flexibility index (Phi) is 10.5. The van der Waals surface area contributed by atoms with Crippen molar-refractivity contribution in [3.05, 3.63) is 35.2 Å². The number of aliphatic carboxylic acids is 1. The maximum atomic E-state index is 13.3. The Balaban J connectivity index is 2.15. The van der Waals surface area contributed by atoms with Crippen LogP contribution in [0.25, 0.3) is 10.1 Å². The molecule has 0 radical (unpaired) electrons. The van der Waals surface area contributed by atoms with Crippen LogP contribution in [0.3, 0.4) is 0 Å². The number of thiophene rings is 1. The van der Waals surface area contributed by atoms with Gasteiger partial charge in [0.2, 0.25) is 5.91 Å². The van der Waals surface area contributed by atoms with E-state index in [9.17, 15) is 14.4 Å². The van der Waals surface area contributed by atoms with Crippen molar-refractivity contribution in [3.63, 3.8) is 0 Å². The van der Waals surface area contributed by atoms with Gasteiger partial charge in [-0.3, -0.25) is 14.4 Å². The topological polar surface area (TPSA) is 95.9 Å². The van der Waals surface area contributed by atoms with Gasteiger partial charge in [0.15, 0.2) is 0 Å². The van der Waals surface area contributed by atoms with Crippen LogP contribution in [0.15, 0.2) is 30.3 Å². The van der Waals surface area contributed by atoms with E-state index >= 15 is 0 Å². The number of hydrogen-bond acceptors (Lipinski definition) is 5. The van der Waals surface area contributed by atoms with Crippen LogP contribution in [-0.2, 0) is 14.3 Å². The summed E-state index contributed by atoms with van der Waals surface area (Å²) in [5.41, 5.74) is 0. The molecule has 2 aromatic rings. The van der Waals surface area contributed by atoms with Crippen LogP contribution in [0, 0.1) is 0 Å². The normalized spacial score (nSPS) is 11.9. The van der Waals surface area contributed by atoms with Gasteiger partial charge < -0.3 is 20.1 Å². The molecule has 1 aromatic carbocycles. The number of ether oxygens (including phenoxy) is 1. The van der Waals surface area contributed by atoms with Gasteiger partial charge in [-0.25, -0.2) is 0 Å². The number of hydrogen-bond donors (Lipinski definition) is 2.